The Balaban J connectivity index is 1.63. The Morgan fingerprint density at radius 1 is 1.22 bits per heavy atom. The second-order valence-electron chi connectivity index (χ2n) is 6.50. The number of aromatic nitrogens is 1. The van der Waals surface area contributed by atoms with Gasteiger partial charge in [0.05, 0.1) is 32.2 Å². The summed E-state index contributed by atoms with van der Waals surface area (Å²) in [5.74, 6) is 1.53. The summed E-state index contributed by atoms with van der Waals surface area (Å²) in [6.07, 6.45) is 5.05. The van der Waals surface area contributed by atoms with Gasteiger partial charge in [-0.05, 0) is 60.9 Å². The minimum Gasteiger partial charge on any atom is -0.497 e. The van der Waals surface area contributed by atoms with E-state index in [1.165, 1.54) is 6.08 Å². The predicted molar refractivity (Wildman–Crippen MR) is 107 cm³/mol. The average Bonchev–Trinajstić information content (AvgIpc) is 2.68. The predicted octanol–water partition coefficient (Wildman–Crippen LogP) is 3.20. The lowest BCUT2D eigenvalue weighted by atomic mass is 10.0. The molecule has 0 saturated carbocycles. The SMILES string of the molecule is COc1cc(C)c(/C=C/C(=O)Nc2ccc(N3CCOCC3)nc2)c(C)c1. The molecule has 1 aromatic heterocycles. The maximum absolute atomic E-state index is 12.2. The van der Waals surface area contributed by atoms with E-state index in [-0.39, 0.29) is 5.91 Å². The third kappa shape index (κ3) is 4.86. The lowest BCUT2D eigenvalue weighted by Gasteiger charge is -2.27. The van der Waals surface area contributed by atoms with Gasteiger partial charge in [0.2, 0.25) is 5.91 Å². The Morgan fingerprint density at radius 2 is 1.93 bits per heavy atom. The van der Waals surface area contributed by atoms with Gasteiger partial charge in [0.15, 0.2) is 0 Å². The van der Waals surface area contributed by atoms with Crippen LogP contribution >= 0.6 is 0 Å². The van der Waals surface area contributed by atoms with Crippen LogP contribution in [0, 0.1) is 13.8 Å². The summed E-state index contributed by atoms with van der Waals surface area (Å²) in [6, 6.07) is 7.70. The number of anilines is 2. The Kier molecular flexibility index (Phi) is 6.08. The van der Waals surface area contributed by atoms with Gasteiger partial charge in [-0.2, -0.15) is 0 Å². The van der Waals surface area contributed by atoms with Crippen LogP contribution in [0.25, 0.3) is 6.08 Å². The van der Waals surface area contributed by atoms with Gasteiger partial charge in [-0.1, -0.05) is 0 Å². The van der Waals surface area contributed by atoms with Crippen molar-refractivity contribution < 1.29 is 14.3 Å². The van der Waals surface area contributed by atoms with Crippen LogP contribution in [0.4, 0.5) is 11.5 Å². The first-order chi connectivity index (χ1) is 13.1. The number of hydrogen-bond acceptors (Lipinski definition) is 5. The minimum atomic E-state index is -0.189. The van der Waals surface area contributed by atoms with E-state index >= 15 is 0 Å². The second kappa shape index (κ2) is 8.68. The van der Waals surface area contributed by atoms with Gasteiger partial charge in [0.1, 0.15) is 11.6 Å². The number of ether oxygens (including phenoxy) is 2. The van der Waals surface area contributed by atoms with Gasteiger partial charge in [-0.25, -0.2) is 4.98 Å². The summed E-state index contributed by atoms with van der Waals surface area (Å²) < 4.78 is 10.6. The first-order valence-electron chi connectivity index (χ1n) is 9.00. The van der Waals surface area contributed by atoms with Crippen molar-refractivity contribution in [3.8, 4) is 5.75 Å². The molecule has 1 aliphatic heterocycles. The summed E-state index contributed by atoms with van der Waals surface area (Å²) in [5.41, 5.74) is 3.82. The number of pyridine rings is 1. The van der Waals surface area contributed by atoms with E-state index in [2.05, 4.69) is 15.2 Å². The number of methoxy groups -OCH3 is 1. The molecule has 1 saturated heterocycles. The van der Waals surface area contributed by atoms with Gasteiger partial charge < -0.3 is 19.7 Å². The fraction of sp³-hybridized carbons (Fsp3) is 0.333. The number of carbonyl (C=O) groups excluding carboxylic acids is 1. The molecular formula is C21H25N3O3. The number of amides is 1. The van der Waals surface area contributed by atoms with Crippen molar-refractivity contribution in [1.82, 2.24) is 4.98 Å². The summed E-state index contributed by atoms with van der Waals surface area (Å²) in [5, 5.41) is 2.85. The van der Waals surface area contributed by atoms with Crippen LogP contribution in [-0.4, -0.2) is 44.3 Å². The van der Waals surface area contributed by atoms with Crippen LogP contribution in [-0.2, 0) is 9.53 Å². The molecule has 1 fully saturated rings. The molecule has 2 heterocycles. The number of rotatable bonds is 5. The van der Waals surface area contributed by atoms with Crippen molar-refractivity contribution >= 4 is 23.5 Å². The molecule has 6 heteroatoms. The lowest BCUT2D eigenvalue weighted by Crippen LogP contribution is -2.36. The smallest absolute Gasteiger partial charge is 0.248 e. The molecule has 0 atom stereocenters. The number of nitrogens with zero attached hydrogens (tertiary/aromatic N) is 2. The van der Waals surface area contributed by atoms with Crippen molar-refractivity contribution in [1.29, 1.82) is 0 Å². The first-order valence-corrected chi connectivity index (χ1v) is 9.00. The molecule has 0 bridgehead atoms. The zero-order valence-corrected chi connectivity index (χ0v) is 16.0. The fourth-order valence-corrected chi connectivity index (χ4v) is 3.10. The topological polar surface area (TPSA) is 63.7 Å². The normalized spacial score (nSPS) is 14.4. The summed E-state index contributed by atoms with van der Waals surface area (Å²) in [6.45, 7) is 7.11. The highest BCUT2D eigenvalue weighted by molar-refractivity contribution is 6.02. The van der Waals surface area contributed by atoms with E-state index in [1.54, 1.807) is 13.3 Å². The highest BCUT2D eigenvalue weighted by atomic mass is 16.5. The van der Waals surface area contributed by atoms with Crippen LogP contribution in [0.5, 0.6) is 5.75 Å². The van der Waals surface area contributed by atoms with Gasteiger partial charge in [-0.3, -0.25) is 4.79 Å². The Morgan fingerprint density at radius 3 is 2.52 bits per heavy atom. The van der Waals surface area contributed by atoms with Gasteiger partial charge in [-0.15, -0.1) is 0 Å². The molecule has 3 rings (SSSR count). The quantitative estimate of drug-likeness (QED) is 0.823. The van der Waals surface area contributed by atoms with Gasteiger partial charge >= 0.3 is 0 Å². The standard InChI is InChI=1S/C21H25N3O3/c1-15-12-18(26-3)13-16(2)19(15)5-7-21(25)23-17-4-6-20(22-14-17)24-8-10-27-11-9-24/h4-7,12-14H,8-11H2,1-3H3,(H,23,25)/b7-5+. The maximum atomic E-state index is 12.2. The van der Waals surface area contributed by atoms with Crippen molar-refractivity contribution in [2.75, 3.05) is 43.6 Å². The first kappa shape index (κ1) is 18.9. The number of benzene rings is 1. The Hall–Kier alpha value is -2.86. The molecule has 1 aromatic carbocycles. The minimum absolute atomic E-state index is 0.189. The summed E-state index contributed by atoms with van der Waals surface area (Å²) in [4.78, 5) is 18.9. The van der Waals surface area contributed by atoms with E-state index in [9.17, 15) is 4.79 Å². The number of nitrogens with one attached hydrogen (secondary N) is 1. The maximum Gasteiger partial charge on any atom is 0.248 e. The van der Waals surface area contributed by atoms with Crippen LogP contribution in [0.1, 0.15) is 16.7 Å². The molecule has 1 aliphatic rings. The van der Waals surface area contributed by atoms with Gasteiger partial charge in [0, 0.05) is 19.2 Å². The molecule has 0 spiro atoms. The third-order valence-electron chi connectivity index (χ3n) is 4.55. The number of hydrogen-bond donors (Lipinski definition) is 1. The molecule has 6 nitrogen and oxygen atoms in total. The Labute approximate surface area is 159 Å². The average molecular weight is 367 g/mol. The van der Waals surface area contributed by atoms with Crippen LogP contribution in [0.15, 0.2) is 36.5 Å². The number of morpholine rings is 1. The van der Waals surface area contributed by atoms with Crippen LogP contribution in [0.3, 0.4) is 0 Å². The van der Waals surface area contributed by atoms with Crippen LogP contribution in [0.2, 0.25) is 0 Å². The molecule has 1 amide bonds. The van der Waals surface area contributed by atoms with Crippen LogP contribution < -0.4 is 15.0 Å². The highest BCUT2D eigenvalue weighted by Gasteiger charge is 2.12. The highest BCUT2D eigenvalue weighted by Crippen LogP contribution is 2.23. The zero-order chi connectivity index (χ0) is 19.2. The number of aryl methyl sites for hydroxylation is 2. The van der Waals surface area contributed by atoms with Gasteiger partial charge in [0.25, 0.3) is 0 Å². The molecule has 1 N–H and O–H groups in total. The lowest BCUT2D eigenvalue weighted by molar-refractivity contribution is -0.111. The summed E-state index contributed by atoms with van der Waals surface area (Å²) >= 11 is 0. The molecule has 0 radical (unpaired) electrons. The van der Waals surface area contributed by atoms with E-state index < -0.39 is 0 Å². The second-order valence-corrected chi connectivity index (χ2v) is 6.50. The zero-order valence-electron chi connectivity index (χ0n) is 16.0. The molecular weight excluding hydrogens is 342 g/mol. The summed E-state index contributed by atoms with van der Waals surface area (Å²) in [7, 11) is 1.65. The Bertz CT molecular complexity index is 802. The van der Waals surface area contributed by atoms with E-state index in [1.807, 2.05) is 44.2 Å². The van der Waals surface area contributed by atoms with Crippen molar-refractivity contribution in [3.05, 3.63) is 53.2 Å². The van der Waals surface area contributed by atoms with E-state index in [0.29, 0.717) is 5.69 Å². The number of carbonyl (C=O) groups is 1. The van der Waals surface area contributed by atoms with Crippen molar-refractivity contribution in [2.24, 2.45) is 0 Å². The van der Waals surface area contributed by atoms with E-state index in [4.69, 9.17) is 9.47 Å². The fourth-order valence-electron chi connectivity index (χ4n) is 3.10. The molecule has 0 aliphatic carbocycles. The molecule has 142 valence electrons. The largest absolute Gasteiger partial charge is 0.497 e. The molecule has 27 heavy (non-hydrogen) atoms. The molecule has 2 aromatic rings. The van der Waals surface area contributed by atoms with Crippen molar-refractivity contribution in [2.45, 2.75) is 13.8 Å². The van der Waals surface area contributed by atoms with Crippen molar-refractivity contribution in [3.63, 3.8) is 0 Å². The third-order valence-corrected chi connectivity index (χ3v) is 4.55. The monoisotopic (exact) mass is 367 g/mol. The molecule has 0 unspecified atom stereocenters. The van der Waals surface area contributed by atoms with E-state index in [0.717, 1.165) is 54.6 Å².